The Balaban J connectivity index is 1.71. The van der Waals surface area contributed by atoms with Crippen LogP contribution in [0.15, 0.2) is 29.6 Å². The van der Waals surface area contributed by atoms with Crippen LogP contribution in [0.2, 0.25) is 5.02 Å². The standard InChI is InChI=1S/C14H13ClN4O2S/c15-8-3-1-2-4-9(8)17-11(20)14(5-6-14)12(21)19-13-18-10(16)7-22-13/h1-4,7H,5-6,16H2,(H,17,20)(H,18,19,21). The molecule has 2 amide bonds. The molecule has 1 aliphatic carbocycles. The zero-order valence-corrected chi connectivity index (χ0v) is 13.0. The van der Waals surface area contributed by atoms with Crippen LogP contribution in [0.3, 0.4) is 0 Å². The van der Waals surface area contributed by atoms with Gasteiger partial charge in [-0.2, -0.15) is 0 Å². The van der Waals surface area contributed by atoms with E-state index in [0.717, 1.165) is 0 Å². The van der Waals surface area contributed by atoms with E-state index in [0.29, 0.717) is 34.5 Å². The average molecular weight is 337 g/mol. The molecule has 1 aromatic heterocycles. The van der Waals surface area contributed by atoms with Crippen molar-refractivity contribution in [3.05, 3.63) is 34.7 Å². The molecule has 0 radical (unpaired) electrons. The van der Waals surface area contributed by atoms with Gasteiger partial charge in [0, 0.05) is 5.38 Å². The van der Waals surface area contributed by atoms with Crippen LogP contribution in [0.5, 0.6) is 0 Å². The van der Waals surface area contributed by atoms with Gasteiger partial charge in [0.1, 0.15) is 11.2 Å². The van der Waals surface area contributed by atoms with Gasteiger partial charge >= 0.3 is 0 Å². The lowest BCUT2D eigenvalue weighted by molar-refractivity contribution is -0.131. The Morgan fingerprint density at radius 3 is 2.50 bits per heavy atom. The van der Waals surface area contributed by atoms with E-state index < -0.39 is 5.41 Å². The molecule has 1 heterocycles. The Morgan fingerprint density at radius 2 is 1.91 bits per heavy atom. The minimum Gasteiger partial charge on any atom is -0.383 e. The number of aromatic nitrogens is 1. The monoisotopic (exact) mass is 336 g/mol. The van der Waals surface area contributed by atoms with Crippen molar-refractivity contribution in [3.63, 3.8) is 0 Å². The van der Waals surface area contributed by atoms with Gasteiger partial charge in [0.05, 0.1) is 10.7 Å². The molecule has 0 spiro atoms. The molecule has 6 nitrogen and oxygen atoms in total. The summed E-state index contributed by atoms with van der Waals surface area (Å²) in [4.78, 5) is 28.7. The molecule has 114 valence electrons. The zero-order valence-electron chi connectivity index (χ0n) is 11.4. The molecule has 0 bridgehead atoms. The second kappa shape index (κ2) is 5.58. The fourth-order valence-corrected chi connectivity index (χ4v) is 2.82. The summed E-state index contributed by atoms with van der Waals surface area (Å²) in [5, 5.41) is 7.80. The number of carbonyl (C=O) groups excluding carboxylic acids is 2. The number of nitrogen functional groups attached to an aromatic ring is 1. The Kier molecular flexibility index (Phi) is 3.76. The van der Waals surface area contributed by atoms with E-state index in [-0.39, 0.29) is 11.8 Å². The number of nitrogens with one attached hydrogen (secondary N) is 2. The third-order valence-electron chi connectivity index (χ3n) is 3.48. The zero-order chi connectivity index (χ0) is 15.7. The number of benzene rings is 1. The van der Waals surface area contributed by atoms with Crippen LogP contribution < -0.4 is 16.4 Å². The third kappa shape index (κ3) is 2.77. The molecule has 0 unspecified atom stereocenters. The second-order valence-electron chi connectivity index (χ2n) is 5.05. The van der Waals surface area contributed by atoms with Crippen molar-refractivity contribution < 1.29 is 9.59 Å². The summed E-state index contributed by atoms with van der Waals surface area (Å²) in [5.74, 6) is -0.389. The van der Waals surface area contributed by atoms with Gasteiger partial charge in [-0.25, -0.2) is 4.98 Å². The molecule has 1 fully saturated rings. The number of thiazole rings is 1. The summed E-state index contributed by atoms with van der Waals surface area (Å²) in [7, 11) is 0. The number of para-hydroxylation sites is 1. The van der Waals surface area contributed by atoms with Crippen molar-refractivity contribution in [1.29, 1.82) is 0 Å². The molecular formula is C14H13ClN4O2S. The Bertz CT molecular complexity index is 742. The number of rotatable bonds is 4. The number of nitrogens with two attached hydrogens (primary N) is 1. The average Bonchev–Trinajstić information content (AvgIpc) is 3.21. The number of anilines is 3. The summed E-state index contributed by atoms with van der Waals surface area (Å²) in [5.41, 5.74) is 4.95. The highest BCUT2D eigenvalue weighted by molar-refractivity contribution is 7.14. The highest BCUT2D eigenvalue weighted by atomic mass is 35.5. The third-order valence-corrected chi connectivity index (χ3v) is 4.59. The molecule has 2 aromatic rings. The van der Waals surface area contributed by atoms with Gasteiger partial charge in [0.15, 0.2) is 5.13 Å². The van der Waals surface area contributed by atoms with E-state index in [1.165, 1.54) is 11.3 Å². The highest BCUT2D eigenvalue weighted by Gasteiger charge is 2.56. The van der Waals surface area contributed by atoms with Gasteiger partial charge in [-0.3, -0.25) is 9.59 Å². The number of nitrogens with zero attached hydrogens (tertiary/aromatic N) is 1. The van der Waals surface area contributed by atoms with Gasteiger partial charge < -0.3 is 16.4 Å². The van der Waals surface area contributed by atoms with Crippen LogP contribution >= 0.6 is 22.9 Å². The van der Waals surface area contributed by atoms with Crippen molar-refractivity contribution in [3.8, 4) is 0 Å². The summed E-state index contributed by atoms with van der Waals surface area (Å²) in [6, 6.07) is 6.90. The first-order chi connectivity index (χ1) is 10.5. The first kappa shape index (κ1) is 14.8. The maximum atomic E-state index is 12.4. The van der Waals surface area contributed by atoms with Crippen LogP contribution in [-0.4, -0.2) is 16.8 Å². The van der Waals surface area contributed by atoms with Gasteiger partial charge in [0.2, 0.25) is 11.8 Å². The highest BCUT2D eigenvalue weighted by Crippen LogP contribution is 2.47. The lowest BCUT2D eigenvalue weighted by Gasteiger charge is -2.15. The van der Waals surface area contributed by atoms with E-state index >= 15 is 0 Å². The first-order valence-electron chi connectivity index (χ1n) is 6.60. The lowest BCUT2D eigenvalue weighted by atomic mass is 10.1. The summed E-state index contributed by atoms with van der Waals surface area (Å²) >= 11 is 7.23. The number of halogens is 1. The largest absolute Gasteiger partial charge is 0.383 e. The topological polar surface area (TPSA) is 97.1 Å². The Labute approximate surface area is 135 Å². The van der Waals surface area contributed by atoms with Gasteiger partial charge in [-0.15, -0.1) is 11.3 Å². The van der Waals surface area contributed by atoms with Crippen molar-refractivity contribution >= 4 is 51.4 Å². The van der Waals surface area contributed by atoms with E-state index in [4.69, 9.17) is 17.3 Å². The summed E-state index contributed by atoms with van der Waals surface area (Å²) in [6.07, 6.45) is 0.992. The van der Waals surface area contributed by atoms with E-state index in [9.17, 15) is 9.59 Å². The summed E-state index contributed by atoms with van der Waals surface area (Å²) in [6.45, 7) is 0. The molecule has 8 heteroatoms. The second-order valence-corrected chi connectivity index (χ2v) is 6.31. The molecule has 0 saturated heterocycles. The first-order valence-corrected chi connectivity index (χ1v) is 7.85. The maximum absolute atomic E-state index is 12.4. The smallest absolute Gasteiger partial charge is 0.241 e. The van der Waals surface area contributed by atoms with Crippen molar-refractivity contribution in [2.45, 2.75) is 12.8 Å². The van der Waals surface area contributed by atoms with Gasteiger partial charge in [0.25, 0.3) is 0 Å². The lowest BCUT2D eigenvalue weighted by Crippen LogP contribution is -2.35. The number of hydrogen-bond donors (Lipinski definition) is 3. The van der Waals surface area contributed by atoms with E-state index in [1.807, 2.05) is 0 Å². The molecule has 1 saturated carbocycles. The predicted molar refractivity (Wildman–Crippen MR) is 86.9 cm³/mol. The number of amides is 2. The minimum absolute atomic E-state index is 0.339. The molecule has 0 atom stereocenters. The maximum Gasteiger partial charge on any atom is 0.241 e. The molecule has 22 heavy (non-hydrogen) atoms. The summed E-state index contributed by atoms with van der Waals surface area (Å²) < 4.78 is 0. The van der Waals surface area contributed by atoms with Crippen molar-refractivity contribution in [2.75, 3.05) is 16.4 Å². The van der Waals surface area contributed by atoms with Crippen LogP contribution in [0, 0.1) is 5.41 Å². The van der Waals surface area contributed by atoms with Crippen molar-refractivity contribution in [2.24, 2.45) is 5.41 Å². The number of hydrogen-bond acceptors (Lipinski definition) is 5. The van der Waals surface area contributed by atoms with Crippen LogP contribution in [0.1, 0.15) is 12.8 Å². The predicted octanol–water partition coefficient (Wildman–Crippen LogP) is 2.74. The van der Waals surface area contributed by atoms with Gasteiger partial charge in [-0.1, -0.05) is 23.7 Å². The quantitative estimate of drug-likeness (QED) is 0.748. The van der Waals surface area contributed by atoms with Crippen LogP contribution in [-0.2, 0) is 9.59 Å². The van der Waals surface area contributed by atoms with E-state index in [2.05, 4.69) is 15.6 Å². The minimum atomic E-state index is -1.06. The molecule has 1 aliphatic rings. The fourth-order valence-electron chi connectivity index (χ4n) is 2.05. The van der Waals surface area contributed by atoms with Crippen LogP contribution in [0.25, 0.3) is 0 Å². The fraction of sp³-hybridized carbons (Fsp3) is 0.214. The molecule has 3 rings (SSSR count). The molecule has 4 N–H and O–H groups in total. The van der Waals surface area contributed by atoms with Gasteiger partial charge in [-0.05, 0) is 25.0 Å². The number of carbonyl (C=O) groups is 2. The molecular weight excluding hydrogens is 324 g/mol. The molecule has 1 aromatic carbocycles. The normalized spacial score (nSPS) is 15.1. The SMILES string of the molecule is Nc1csc(NC(=O)C2(C(=O)Nc3ccccc3Cl)CC2)n1. The Hall–Kier alpha value is -2.12. The Morgan fingerprint density at radius 1 is 1.23 bits per heavy atom. The molecule has 0 aliphatic heterocycles. The van der Waals surface area contributed by atoms with Crippen molar-refractivity contribution in [1.82, 2.24) is 4.98 Å². The van der Waals surface area contributed by atoms with E-state index in [1.54, 1.807) is 29.6 Å². The van der Waals surface area contributed by atoms with Crippen LogP contribution in [0.4, 0.5) is 16.6 Å².